The van der Waals surface area contributed by atoms with E-state index in [2.05, 4.69) is 22.3 Å². The van der Waals surface area contributed by atoms with Gasteiger partial charge >= 0.3 is 12.0 Å². The second-order valence-corrected chi connectivity index (χ2v) is 6.54. The Morgan fingerprint density at radius 1 is 1.11 bits per heavy atom. The van der Waals surface area contributed by atoms with Gasteiger partial charge in [0.05, 0.1) is 19.8 Å². The molecular formula is C19H26N2O6. The fourth-order valence-electron chi connectivity index (χ4n) is 3.07. The van der Waals surface area contributed by atoms with Crippen LogP contribution < -0.4 is 20.1 Å². The van der Waals surface area contributed by atoms with Crippen LogP contribution in [0.15, 0.2) is 18.2 Å². The van der Waals surface area contributed by atoms with Crippen molar-refractivity contribution in [3.8, 4) is 11.5 Å². The molecule has 1 saturated carbocycles. The van der Waals surface area contributed by atoms with Crippen molar-refractivity contribution in [3.05, 3.63) is 23.8 Å². The molecule has 0 saturated heterocycles. The molecule has 27 heavy (non-hydrogen) atoms. The lowest BCUT2D eigenvalue weighted by molar-refractivity contribution is -0.122. The Balaban J connectivity index is 1.85. The highest BCUT2D eigenvalue weighted by molar-refractivity contribution is 5.95. The molecule has 0 unspecified atom stereocenters. The van der Waals surface area contributed by atoms with Crippen molar-refractivity contribution in [2.24, 2.45) is 5.92 Å². The Morgan fingerprint density at radius 3 is 2.52 bits per heavy atom. The van der Waals surface area contributed by atoms with E-state index in [1.807, 2.05) is 0 Å². The van der Waals surface area contributed by atoms with Crippen LogP contribution in [0, 0.1) is 5.92 Å². The summed E-state index contributed by atoms with van der Waals surface area (Å²) in [5.74, 6) is -0.123. The van der Waals surface area contributed by atoms with Crippen molar-refractivity contribution in [1.82, 2.24) is 10.6 Å². The number of imide groups is 1. The molecule has 2 atom stereocenters. The zero-order valence-electron chi connectivity index (χ0n) is 15.9. The molecule has 8 nitrogen and oxygen atoms in total. The van der Waals surface area contributed by atoms with Gasteiger partial charge in [-0.25, -0.2) is 9.59 Å². The SMILES string of the molecule is COC(=O)c1ccc(OCC(=O)NC(=O)N[C@@H]2CCCC[C@H]2C)c(OC)c1. The average Bonchev–Trinajstić information content (AvgIpc) is 2.67. The highest BCUT2D eigenvalue weighted by Gasteiger charge is 2.23. The largest absolute Gasteiger partial charge is 0.493 e. The Bertz CT molecular complexity index is 691. The summed E-state index contributed by atoms with van der Waals surface area (Å²) in [5.41, 5.74) is 0.298. The topological polar surface area (TPSA) is 103 Å². The smallest absolute Gasteiger partial charge is 0.337 e. The predicted molar refractivity (Wildman–Crippen MR) is 97.9 cm³/mol. The summed E-state index contributed by atoms with van der Waals surface area (Å²) in [4.78, 5) is 35.5. The van der Waals surface area contributed by atoms with E-state index >= 15 is 0 Å². The van der Waals surface area contributed by atoms with Crippen LogP contribution in [0.5, 0.6) is 11.5 Å². The number of amides is 3. The number of hydrogen-bond donors (Lipinski definition) is 2. The molecule has 2 rings (SSSR count). The number of carbonyl (C=O) groups is 3. The first-order chi connectivity index (χ1) is 12.9. The van der Waals surface area contributed by atoms with Gasteiger partial charge in [0.25, 0.3) is 5.91 Å². The van der Waals surface area contributed by atoms with Crippen LogP contribution in [0.1, 0.15) is 43.0 Å². The first kappa shape index (κ1) is 20.5. The summed E-state index contributed by atoms with van der Waals surface area (Å²) >= 11 is 0. The molecule has 1 aliphatic rings. The molecule has 3 amide bonds. The normalized spacial score (nSPS) is 18.9. The molecule has 0 spiro atoms. The molecule has 0 heterocycles. The quantitative estimate of drug-likeness (QED) is 0.736. The van der Waals surface area contributed by atoms with Gasteiger partial charge in [0, 0.05) is 6.04 Å². The average molecular weight is 378 g/mol. The number of nitrogens with one attached hydrogen (secondary N) is 2. The van der Waals surface area contributed by atoms with E-state index in [-0.39, 0.29) is 24.1 Å². The van der Waals surface area contributed by atoms with Crippen LogP contribution in [0.2, 0.25) is 0 Å². The molecule has 0 aromatic heterocycles. The van der Waals surface area contributed by atoms with E-state index in [1.165, 1.54) is 38.8 Å². The minimum Gasteiger partial charge on any atom is -0.493 e. The van der Waals surface area contributed by atoms with Gasteiger partial charge in [-0.15, -0.1) is 0 Å². The Kier molecular flexibility index (Phi) is 7.45. The van der Waals surface area contributed by atoms with Crippen LogP contribution in [0.3, 0.4) is 0 Å². The zero-order valence-corrected chi connectivity index (χ0v) is 15.9. The van der Waals surface area contributed by atoms with Gasteiger partial charge in [-0.05, 0) is 37.0 Å². The third-order valence-electron chi connectivity index (χ3n) is 4.62. The Morgan fingerprint density at radius 2 is 1.85 bits per heavy atom. The lowest BCUT2D eigenvalue weighted by Crippen LogP contribution is -2.48. The Labute approximate surface area is 158 Å². The van der Waals surface area contributed by atoms with Crippen LogP contribution in [-0.4, -0.2) is 44.8 Å². The first-order valence-electron chi connectivity index (χ1n) is 8.94. The first-order valence-corrected chi connectivity index (χ1v) is 8.94. The lowest BCUT2D eigenvalue weighted by Gasteiger charge is -2.29. The summed E-state index contributed by atoms with van der Waals surface area (Å²) in [7, 11) is 2.70. The number of esters is 1. The van der Waals surface area contributed by atoms with E-state index in [0.29, 0.717) is 11.5 Å². The minimum absolute atomic E-state index is 0.0819. The van der Waals surface area contributed by atoms with Gasteiger partial charge in [-0.1, -0.05) is 19.8 Å². The van der Waals surface area contributed by atoms with Crippen LogP contribution in [0.25, 0.3) is 0 Å². The van der Waals surface area contributed by atoms with E-state index < -0.39 is 17.9 Å². The summed E-state index contributed by atoms with van der Waals surface area (Å²) in [6, 6.07) is 4.02. The van der Waals surface area contributed by atoms with Gasteiger partial charge in [-0.2, -0.15) is 0 Å². The number of methoxy groups -OCH3 is 2. The van der Waals surface area contributed by atoms with Crippen molar-refractivity contribution < 1.29 is 28.6 Å². The Hall–Kier alpha value is -2.77. The van der Waals surface area contributed by atoms with Crippen LogP contribution in [-0.2, 0) is 9.53 Å². The van der Waals surface area contributed by atoms with E-state index in [4.69, 9.17) is 9.47 Å². The second kappa shape index (κ2) is 9.80. The van der Waals surface area contributed by atoms with Crippen LogP contribution >= 0.6 is 0 Å². The molecule has 1 aromatic carbocycles. The highest BCUT2D eigenvalue weighted by Crippen LogP contribution is 2.28. The summed E-state index contributed by atoms with van der Waals surface area (Å²) in [6.07, 6.45) is 4.24. The van der Waals surface area contributed by atoms with Crippen molar-refractivity contribution in [2.75, 3.05) is 20.8 Å². The van der Waals surface area contributed by atoms with Crippen molar-refractivity contribution in [1.29, 1.82) is 0 Å². The molecule has 0 bridgehead atoms. The van der Waals surface area contributed by atoms with Gasteiger partial charge in [0.15, 0.2) is 18.1 Å². The fraction of sp³-hybridized carbons (Fsp3) is 0.526. The summed E-state index contributed by atoms with van der Waals surface area (Å²) < 4.78 is 15.2. The zero-order chi connectivity index (χ0) is 19.8. The van der Waals surface area contributed by atoms with Crippen molar-refractivity contribution >= 4 is 17.9 Å². The van der Waals surface area contributed by atoms with Gasteiger partial charge in [0.1, 0.15) is 0 Å². The molecule has 1 aliphatic carbocycles. The molecule has 0 aliphatic heterocycles. The van der Waals surface area contributed by atoms with Crippen LogP contribution in [0.4, 0.5) is 4.79 Å². The van der Waals surface area contributed by atoms with Gasteiger partial charge in [0.2, 0.25) is 0 Å². The number of benzene rings is 1. The van der Waals surface area contributed by atoms with Gasteiger partial charge in [-0.3, -0.25) is 10.1 Å². The van der Waals surface area contributed by atoms with E-state index in [9.17, 15) is 14.4 Å². The summed E-state index contributed by atoms with van der Waals surface area (Å²) in [6.45, 7) is 1.74. The standard InChI is InChI=1S/C19H26N2O6/c1-12-6-4-5-7-14(12)20-19(24)21-17(22)11-27-15-9-8-13(18(23)26-3)10-16(15)25-2/h8-10,12,14H,4-7,11H2,1-3H3,(H2,20,21,22,24)/t12-,14-/m1/s1. The van der Waals surface area contributed by atoms with E-state index in [0.717, 1.165) is 19.3 Å². The minimum atomic E-state index is -0.574. The molecule has 1 fully saturated rings. The number of hydrogen-bond acceptors (Lipinski definition) is 6. The molecule has 8 heteroatoms. The number of urea groups is 1. The third kappa shape index (κ3) is 5.87. The maximum Gasteiger partial charge on any atom is 0.337 e. The number of carbonyl (C=O) groups excluding carboxylic acids is 3. The highest BCUT2D eigenvalue weighted by atomic mass is 16.5. The van der Waals surface area contributed by atoms with Gasteiger partial charge < -0.3 is 19.5 Å². The molecule has 148 valence electrons. The second-order valence-electron chi connectivity index (χ2n) is 6.54. The maximum atomic E-state index is 12.0. The molecular weight excluding hydrogens is 352 g/mol. The van der Waals surface area contributed by atoms with Crippen molar-refractivity contribution in [2.45, 2.75) is 38.6 Å². The fourth-order valence-corrected chi connectivity index (χ4v) is 3.07. The molecule has 2 N–H and O–H groups in total. The third-order valence-corrected chi connectivity index (χ3v) is 4.62. The number of ether oxygens (including phenoxy) is 3. The molecule has 1 aromatic rings. The predicted octanol–water partition coefficient (Wildman–Crippen LogP) is 2.27. The molecule has 0 radical (unpaired) electrons. The maximum absolute atomic E-state index is 12.0. The lowest BCUT2D eigenvalue weighted by atomic mass is 9.86. The van der Waals surface area contributed by atoms with Crippen molar-refractivity contribution in [3.63, 3.8) is 0 Å². The monoisotopic (exact) mass is 378 g/mol. The summed E-state index contributed by atoms with van der Waals surface area (Å²) in [5, 5.41) is 5.11. The number of rotatable bonds is 6. The van der Waals surface area contributed by atoms with E-state index in [1.54, 1.807) is 0 Å².